The minimum absolute atomic E-state index is 0.00293. The number of benzene rings is 1. The van der Waals surface area contributed by atoms with Crippen molar-refractivity contribution >= 4 is 45.3 Å². The second-order valence-electron chi connectivity index (χ2n) is 5.49. The van der Waals surface area contributed by atoms with E-state index in [2.05, 4.69) is 15.7 Å². The predicted octanol–water partition coefficient (Wildman–Crippen LogP) is 3.42. The van der Waals surface area contributed by atoms with Crippen molar-refractivity contribution in [3.05, 3.63) is 50.3 Å². The maximum Gasteiger partial charge on any atom is 0.339 e. The number of halogens is 1. The zero-order valence-corrected chi connectivity index (χ0v) is 15.0. The molecule has 9 heteroatoms. The van der Waals surface area contributed by atoms with Gasteiger partial charge in [-0.05, 0) is 23.6 Å². The summed E-state index contributed by atoms with van der Waals surface area (Å²) < 4.78 is 4.63. The largest absolute Gasteiger partial charge is 0.465 e. The van der Waals surface area contributed by atoms with Gasteiger partial charge >= 0.3 is 5.97 Å². The van der Waals surface area contributed by atoms with Crippen molar-refractivity contribution < 1.29 is 14.5 Å². The third-order valence-electron chi connectivity index (χ3n) is 4.10. The van der Waals surface area contributed by atoms with Gasteiger partial charge in [-0.15, -0.1) is 11.3 Å². The van der Waals surface area contributed by atoms with Gasteiger partial charge < -0.3 is 14.5 Å². The maximum absolute atomic E-state index is 11.7. The van der Waals surface area contributed by atoms with E-state index in [0.29, 0.717) is 18.8 Å². The Kier molecular flexibility index (Phi) is 5.10. The molecule has 2 aromatic rings. The molecule has 132 valence electrons. The fourth-order valence-corrected chi connectivity index (χ4v) is 3.86. The van der Waals surface area contributed by atoms with Crippen molar-refractivity contribution in [2.24, 2.45) is 0 Å². The first-order chi connectivity index (χ1) is 12.0. The highest BCUT2D eigenvalue weighted by Crippen LogP contribution is 2.35. The molecule has 0 amide bonds. The first-order valence-electron chi connectivity index (χ1n) is 7.61. The van der Waals surface area contributed by atoms with Gasteiger partial charge in [0.1, 0.15) is 5.69 Å². The minimum Gasteiger partial charge on any atom is -0.465 e. The van der Waals surface area contributed by atoms with Gasteiger partial charge in [0.2, 0.25) is 0 Å². The number of methoxy groups -OCH3 is 1. The molecule has 1 aromatic heterocycles. The predicted molar refractivity (Wildman–Crippen MR) is 98.2 cm³/mol. The summed E-state index contributed by atoms with van der Waals surface area (Å²) in [5.41, 5.74) is 0.277. The molecule has 0 radical (unpaired) electrons. The molecule has 1 aromatic carbocycles. The van der Waals surface area contributed by atoms with E-state index in [1.807, 2.05) is 16.3 Å². The number of thiophene rings is 1. The number of piperazine rings is 1. The molecule has 7 nitrogen and oxygen atoms in total. The normalized spacial score (nSPS) is 14.5. The zero-order chi connectivity index (χ0) is 18.0. The zero-order valence-electron chi connectivity index (χ0n) is 13.5. The van der Waals surface area contributed by atoms with Gasteiger partial charge in [0, 0.05) is 32.2 Å². The lowest BCUT2D eigenvalue weighted by molar-refractivity contribution is -0.384. The number of nitrogens with zero attached hydrogens (tertiary/aromatic N) is 3. The third-order valence-corrected chi connectivity index (χ3v) is 5.35. The minimum atomic E-state index is -0.692. The highest BCUT2D eigenvalue weighted by atomic mass is 35.5. The maximum atomic E-state index is 11.7. The Morgan fingerprint density at radius 2 is 1.96 bits per heavy atom. The number of nitro benzene ring substituents is 1. The number of rotatable bonds is 4. The molecule has 0 atom stereocenters. The smallest absolute Gasteiger partial charge is 0.339 e. The van der Waals surface area contributed by atoms with Crippen LogP contribution in [0.4, 0.5) is 16.4 Å². The molecule has 1 fully saturated rings. The first-order valence-corrected chi connectivity index (χ1v) is 8.86. The van der Waals surface area contributed by atoms with Crippen molar-refractivity contribution in [3.8, 4) is 0 Å². The molecular weight excluding hydrogens is 366 g/mol. The average molecular weight is 382 g/mol. The summed E-state index contributed by atoms with van der Waals surface area (Å²) >= 11 is 7.82. The lowest BCUT2D eigenvalue weighted by Crippen LogP contribution is -2.46. The van der Waals surface area contributed by atoms with E-state index >= 15 is 0 Å². The van der Waals surface area contributed by atoms with Gasteiger partial charge in [-0.3, -0.25) is 10.1 Å². The summed E-state index contributed by atoms with van der Waals surface area (Å²) in [6.07, 6.45) is 0. The summed E-state index contributed by atoms with van der Waals surface area (Å²) in [5.74, 6) is -0.692. The Labute approximate surface area is 153 Å². The number of hydrogen-bond acceptors (Lipinski definition) is 7. The van der Waals surface area contributed by atoms with Gasteiger partial charge in [0.15, 0.2) is 0 Å². The van der Waals surface area contributed by atoms with Crippen molar-refractivity contribution in [2.45, 2.75) is 0 Å². The molecule has 0 bridgehead atoms. The summed E-state index contributed by atoms with van der Waals surface area (Å²) in [6, 6.07) is 6.73. The van der Waals surface area contributed by atoms with Crippen molar-refractivity contribution in [3.63, 3.8) is 0 Å². The van der Waals surface area contributed by atoms with Gasteiger partial charge in [-0.25, -0.2) is 4.79 Å². The highest BCUT2D eigenvalue weighted by Gasteiger charge is 2.27. The number of anilines is 2. The van der Waals surface area contributed by atoms with E-state index in [1.165, 1.54) is 24.2 Å². The van der Waals surface area contributed by atoms with Crippen LogP contribution in [0.1, 0.15) is 10.4 Å². The summed E-state index contributed by atoms with van der Waals surface area (Å²) in [5, 5.41) is 14.8. The lowest BCUT2D eigenvalue weighted by atomic mass is 10.1. The molecule has 25 heavy (non-hydrogen) atoms. The number of hydrogen-bond donors (Lipinski definition) is 0. The molecule has 1 aliphatic heterocycles. The van der Waals surface area contributed by atoms with E-state index in [0.717, 1.165) is 13.1 Å². The Hall–Kier alpha value is -2.32. The van der Waals surface area contributed by atoms with Crippen LogP contribution in [0.5, 0.6) is 0 Å². The summed E-state index contributed by atoms with van der Waals surface area (Å²) in [7, 11) is 1.21. The van der Waals surface area contributed by atoms with E-state index in [9.17, 15) is 14.9 Å². The van der Waals surface area contributed by atoms with Gasteiger partial charge in [-0.2, -0.15) is 0 Å². The van der Waals surface area contributed by atoms with Crippen LogP contribution in [0.2, 0.25) is 5.02 Å². The Morgan fingerprint density at radius 1 is 1.28 bits per heavy atom. The van der Waals surface area contributed by atoms with E-state index < -0.39 is 10.9 Å². The van der Waals surface area contributed by atoms with Gasteiger partial charge in [0.25, 0.3) is 5.69 Å². The fourth-order valence-electron chi connectivity index (χ4n) is 2.83. The summed E-state index contributed by atoms with van der Waals surface area (Å²) in [4.78, 5) is 26.9. The molecule has 0 aliphatic carbocycles. The van der Waals surface area contributed by atoms with Crippen LogP contribution < -0.4 is 9.80 Å². The molecule has 0 saturated carbocycles. The highest BCUT2D eigenvalue weighted by molar-refractivity contribution is 7.14. The van der Waals surface area contributed by atoms with E-state index in [-0.39, 0.29) is 16.3 Å². The van der Waals surface area contributed by atoms with E-state index in [4.69, 9.17) is 11.6 Å². The summed E-state index contributed by atoms with van der Waals surface area (Å²) in [6.45, 7) is 2.78. The number of esters is 1. The third kappa shape index (κ3) is 3.54. The van der Waals surface area contributed by atoms with Crippen LogP contribution in [0.25, 0.3) is 0 Å². The first kappa shape index (κ1) is 17.5. The topological polar surface area (TPSA) is 75.9 Å². The quantitative estimate of drug-likeness (QED) is 0.459. The molecule has 0 spiro atoms. The number of carbonyl (C=O) groups excluding carboxylic acids is 1. The van der Waals surface area contributed by atoms with Crippen LogP contribution in [0.15, 0.2) is 29.6 Å². The molecule has 3 rings (SSSR count). The molecule has 2 heterocycles. The van der Waals surface area contributed by atoms with E-state index in [1.54, 1.807) is 11.3 Å². The Bertz CT molecular complexity index is 789. The van der Waals surface area contributed by atoms with Crippen LogP contribution in [-0.2, 0) is 4.74 Å². The SMILES string of the molecule is COC(=O)c1cc([N+](=O)[O-])c(N2CCN(c3cccs3)CC2)cc1Cl. The van der Waals surface area contributed by atoms with Crippen LogP contribution in [-0.4, -0.2) is 44.2 Å². The lowest BCUT2D eigenvalue weighted by Gasteiger charge is -2.36. The van der Waals surface area contributed by atoms with Gasteiger partial charge in [-0.1, -0.05) is 11.6 Å². The van der Waals surface area contributed by atoms with Crippen molar-refractivity contribution in [1.29, 1.82) is 0 Å². The molecule has 1 aliphatic rings. The van der Waals surface area contributed by atoms with Crippen molar-refractivity contribution in [2.75, 3.05) is 43.1 Å². The molecular formula is C16H16ClN3O4S. The molecule has 0 unspecified atom stereocenters. The second kappa shape index (κ2) is 7.28. The van der Waals surface area contributed by atoms with Gasteiger partial charge in [0.05, 0.1) is 27.6 Å². The van der Waals surface area contributed by atoms with Crippen LogP contribution >= 0.6 is 22.9 Å². The van der Waals surface area contributed by atoms with Crippen LogP contribution in [0.3, 0.4) is 0 Å². The molecule has 1 saturated heterocycles. The number of ether oxygens (including phenoxy) is 1. The fraction of sp³-hybridized carbons (Fsp3) is 0.312. The average Bonchev–Trinajstić information content (AvgIpc) is 3.15. The Balaban J connectivity index is 1.86. The standard InChI is InChI=1S/C16H16ClN3O4S/c1-24-16(21)11-9-14(20(22)23)13(10-12(11)17)18-4-6-19(7-5-18)15-3-2-8-25-15/h2-3,8-10H,4-7H2,1H3. The number of carbonyl (C=O) groups is 1. The van der Waals surface area contributed by atoms with Crippen molar-refractivity contribution in [1.82, 2.24) is 0 Å². The number of nitro groups is 1. The molecule has 0 N–H and O–H groups in total. The monoisotopic (exact) mass is 381 g/mol. The second-order valence-corrected chi connectivity index (χ2v) is 6.83. The van der Waals surface area contributed by atoms with Crippen LogP contribution in [0, 0.1) is 10.1 Å². The Morgan fingerprint density at radius 3 is 2.52 bits per heavy atom.